The Kier molecular flexibility index (Phi) is 5.55. The normalized spacial score (nSPS) is 42.6. The number of rotatable bonds is 1. The Hall–Kier alpha value is -0.600. The minimum Gasteiger partial charge on any atom is -0.390 e. The molecule has 2 heterocycles. The van der Waals surface area contributed by atoms with Crippen LogP contribution in [0.2, 0.25) is 0 Å². The molecule has 3 rings (SSSR count). The molecule has 2 heteroatoms. The van der Waals surface area contributed by atoms with Gasteiger partial charge in [0.2, 0.25) is 0 Å². The summed E-state index contributed by atoms with van der Waals surface area (Å²) in [4.78, 5) is 0. The van der Waals surface area contributed by atoms with Crippen LogP contribution in [0, 0.1) is 5.92 Å². The molecular formula is C20H34O2. The van der Waals surface area contributed by atoms with Crippen LogP contribution in [0.5, 0.6) is 0 Å². The van der Waals surface area contributed by atoms with Crippen LogP contribution in [0.25, 0.3) is 0 Å². The Bertz CT molecular complexity index is 439. The minimum absolute atomic E-state index is 0.0765. The van der Waals surface area contributed by atoms with E-state index in [-0.39, 0.29) is 17.3 Å². The summed E-state index contributed by atoms with van der Waals surface area (Å²) in [5.74, 6) is 0.479. The molecule has 1 fully saturated rings. The maximum atomic E-state index is 10.6. The summed E-state index contributed by atoms with van der Waals surface area (Å²) < 4.78 is 6.40. The predicted octanol–water partition coefficient (Wildman–Crippen LogP) is 5.17. The molecule has 2 nitrogen and oxygen atoms in total. The van der Waals surface area contributed by atoms with E-state index in [0.29, 0.717) is 5.92 Å². The molecule has 2 bridgehead atoms. The highest BCUT2D eigenvalue weighted by Crippen LogP contribution is 2.51. The quantitative estimate of drug-likeness (QED) is 0.677. The maximum Gasteiger partial charge on any atom is 0.0947 e. The number of allylic oxidation sites excluding steroid dienone is 3. The molecule has 126 valence electrons. The molecule has 0 unspecified atom stereocenters. The first-order chi connectivity index (χ1) is 10.3. The van der Waals surface area contributed by atoms with Crippen LogP contribution >= 0.6 is 0 Å². The fourth-order valence-corrected chi connectivity index (χ4v) is 3.88. The predicted molar refractivity (Wildman–Crippen MR) is 92.9 cm³/mol. The molecule has 1 aliphatic carbocycles. The number of hydrogen-bond acceptors (Lipinski definition) is 2. The molecular weight excluding hydrogens is 272 g/mol. The lowest BCUT2D eigenvalue weighted by molar-refractivity contribution is -0.313. The van der Waals surface area contributed by atoms with Gasteiger partial charge in [0.25, 0.3) is 0 Å². The van der Waals surface area contributed by atoms with Crippen LogP contribution in [-0.2, 0) is 4.74 Å². The first-order valence-corrected chi connectivity index (χ1v) is 8.97. The van der Waals surface area contributed by atoms with Gasteiger partial charge in [0.05, 0.1) is 17.3 Å². The lowest BCUT2D eigenvalue weighted by Crippen LogP contribution is -2.65. The van der Waals surface area contributed by atoms with E-state index in [4.69, 9.17) is 4.74 Å². The van der Waals surface area contributed by atoms with Gasteiger partial charge < -0.3 is 9.84 Å². The Morgan fingerprint density at radius 2 is 1.82 bits per heavy atom. The summed E-state index contributed by atoms with van der Waals surface area (Å²) in [6.45, 7) is 11.0. The maximum absolute atomic E-state index is 10.6. The number of hydrogen-bond donors (Lipinski definition) is 1. The second-order valence-corrected chi connectivity index (χ2v) is 8.06. The Morgan fingerprint density at radius 1 is 1.18 bits per heavy atom. The van der Waals surface area contributed by atoms with Crippen molar-refractivity contribution in [3.05, 3.63) is 23.3 Å². The molecule has 0 aromatic carbocycles. The lowest BCUT2D eigenvalue weighted by atomic mass is 9.69. The SMILES string of the molecule is C/C1=C\C[C@@]2(C(C)C)C[C@](C)(O2)[C@H](O)CCC/C(C)=C/CC1. The van der Waals surface area contributed by atoms with Crippen LogP contribution in [-0.4, -0.2) is 22.4 Å². The number of ether oxygens (including phenoxy) is 1. The average Bonchev–Trinajstić information content (AvgIpc) is 2.40. The third-order valence-corrected chi connectivity index (χ3v) is 5.72. The van der Waals surface area contributed by atoms with Crippen molar-refractivity contribution in [1.82, 2.24) is 0 Å². The van der Waals surface area contributed by atoms with Gasteiger partial charge >= 0.3 is 0 Å². The highest BCUT2D eigenvalue weighted by Gasteiger charge is 2.57. The largest absolute Gasteiger partial charge is 0.390 e. The zero-order valence-corrected chi connectivity index (χ0v) is 15.1. The van der Waals surface area contributed by atoms with Crippen molar-refractivity contribution < 1.29 is 9.84 Å². The molecule has 0 radical (unpaired) electrons. The van der Waals surface area contributed by atoms with E-state index in [0.717, 1.165) is 44.9 Å². The van der Waals surface area contributed by atoms with Crippen molar-refractivity contribution in [1.29, 1.82) is 0 Å². The lowest BCUT2D eigenvalue weighted by Gasteiger charge is -2.59. The van der Waals surface area contributed by atoms with Gasteiger partial charge in [-0.1, -0.05) is 37.1 Å². The van der Waals surface area contributed by atoms with E-state index < -0.39 is 0 Å². The van der Waals surface area contributed by atoms with Gasteiger partial charge in [-0.3, -0.25) is 0 Å². The Labute approximate surface area is 136 Å². The van der Waals surface area contributed by atoms with Crippen molar-refractivity contribution in [3.63, 3.8) is 0 Å². The van der Waals surface area contributed by atoms with Crippen molar-refractivity contribution >= 4 is 0 Å². The molecule has 2 aliphatic heterocycles. The van der Waals surface area contributed by atoms with Crippen molar-refractivity contribution in [2.75, 3.05) is 0 Å². The van der Waals surface area contributed by atoms with E-state index in [1.807, 2.05) is 0 Å². The molecule has 1 saturated heterocycles. The summed E-state index contributed by atoms with van der Waals surface area (Å²) in [5.41, 5.74) is 2.48. The summed E-state index contributed by atoms with van der Waals surface area (Å²) in [7, 11) is 0. The topological polar surface area (TPSA) is 29.5 Å². The van der Waals surface area contributed by atoms with Crippen molar-refractivity contribution in [2.45, 2.75) is 96.9 Å². The van der Waals surface area contributed by atoms with Crippen LogP contribution in [0.1, 0.15) is 79.6 Å². The van der Waals surface area contributed by atoms with E-state index in [1.165, 1.54) is 11.1 Å². The highest BCUT2D eigenvalue weighted by molar-refractivity contribution is 5.12. The van der Waals surface area contributed by atoms with Crippen LogP contribution in [0.3, 0.4) is 0 Å². The second-order valence-electron chi connectivity index (χ2n) is 8.06. The first kappa shape index (κ1) is 17.7. The van der Waals surface area contributed by atoms with E-state index in [2.05, 4.69) is 46.8 Å². The van der Waals surface area contributed by atoms with E-state index >= 15 is 0 Å². The third kappa shape index (κ3) is 3.83. The van der Waals surface area contributed by atoms with Gasteiger partial charge in [0, 0.05) is 6.42 Å². The van der Waals surface area contributed by atoms with Gasteiger partial charge in [-0.15, -0.1) is 0 Å². The van der Waals surface area contributed by atoms with Gasteiger partial charge in [-0.2, -0.15) is 0 Å². The third-order valence-electron chi connectivity index (χ3n) is 5.72. The van der Waals surface area contributed by atoms with Crippen LogP contribution in [0.15, 0.2) is 23.3 Å². The average molecular weight is 306 g/mol. The summed E-state index contributed by atoms with van der Waals surface area (Å²) in [6, 6.07) is 0. The molecule has 0 saturated carbocycles. The van der Waals surface area contributed by atoms with Gasteiger partial charge in [-0.25, -0.2) is 0 Å². The van der Waals surface area contributed by atoms with Gasteiger partial charge in [0.15, 0.2) is 0 Å². The number of aliphatic hydroxyl groups is 1. The summed E-state index contributed by atoms with van der Waals surface area (Å²) in [5, 5.41) is 10.6. The Balaban J connectivity index is 2.16. The molecule has 0 spiro atoms. The minimum atomic E-state index is -0.353. The highest BCUT2D eigenvalue weighted by atomic mass is 16.6. The fraction of sp³-hybridized carbons (Fsp3) is 0.800. The number of fused-ring (bicyclic) bond motifs is 8. The van der Waals surface area contributed by atoms with Crippen LogP contribution < -0.4 is 0 Å². The zero-order valence-electron chi connectivity index (χ0n) is 15.1. The van der Waals surface area contributed by atoms with E-state index in [1.54, 1.807) is 0 Å². The van der Waals surface area contributed by atoms with Gasteiger partial charge in [0.1, 0.15) is 0 Å². The molecule has 1 N–H and O–H groups in total. The van der Waals surface area contributed by atoms with Crippen molar-refractivity contribution in [3.8, 4) is 0 Å². The molecule has 0 aromatic heterocycles. The molecule has 22 heavy (non-hydrogen) atoms. The number of aliphatic hydroxyl groups excluding tert-OH is 1. The molecule has 0 aromatic rings. The molecule has 0 amide bonds. The Morgan fingerprint density at radius 3 is 2.45 bits per heavy atom. The summed E-state index contributed by atoms with van der Waals surface area (Å²) in [6.07, 6.45) is 11.6. The van der Waals surface area contributed by atoms with Crippen molar-refractivity contribution in [2.24, 2.45) is 5.92 Å². The van der Waals surface area contributed by atoms with E-state index in [9.17, 15) is 5.11 Å². The van der Waals surface area contributed by atoms with Crippen LogP contribution in [0.4, 0.5) is 0 Å². The first-order valence-electron chi connectivity index (χ1n) is 8.97. The standard InChI is InChI=1S/C20H34O2/c1-15(2)20-13-12-17(4)9-6-8-16(3)10-7-11-18(21)19(5,14-20)22-20/h8,12,15,18,21H,6-7,9-11,13-14H2,1-5H3/b16-8+,17-12+/t18-,19+,20+/m1/s1. The smallest absolute Gasteiger partial charge is 0.0947 e. The second kappa shape index (κ2) is 6.88. The summed E-state index contributed by atoms with van der Waals surface area (Å²) >= 11 is 0. The fourth-order valence-electron chi connectivity index (χ4n) is 3.88. The monoisotopic (exact) mass is 306 g/mol. The molecule has 3 atom stereocenters. The molecule has 3 aliphatic rings. The zero-order chi connectivity index (χ0) is 16.4. The van der Waals surface area contributed by atoms with Gasteiger partial charge in [-0.05, 0) is 65.2 Å².